The van der Waals surface area contributed by atoms with E-state index < -0.39 is 0 Å². The van der Waals surface area contributed by atoms with Crippen LogP contribution in [0.2, 0.25) is 5.02 Å². The molecule has 8 nitrogen and oxygen atoms in total. The number of amides is 1. The number of aryl methyl sites for hydroxylation is 1. The highest BCUT2D eigenvalue weighted by Gasteiger charge is 2.48. The van der Waals surface area contributed by atoms with Crippen LogP contribution in [-0.4, -0.2) is 53.3 Å². The Labute approximate surface area is 217 Å². The van der Waals surface area contributed by atoms with Crippen molar-refractivity contribution in [3.05, 3.63) is 40.0 Å². The lowest BCUT2D eigenvalue weighted by molar-refractivity contribution is 0.0867. The van der Waals surface area contributed by atoms with Crippen molar-refractivity contribution in [2.45, 2.75) is 77.0 Å². The van der Waals surface area contributed by atoms with E-state index in [0.717, 1.165) is 37.2 Å². The monoisotopic (exact) mass is 513 g/mol. The number of carbonyl (C=O) groups is 1. The molecule has 2 aliphatic carbocycles. The van der Waals surface area contributed by atoms with Crippen molar-refractivity contribution in [2.24, 2.45) is 5.41 Å². The Morgan fingerprint density at radius 2 is 2.00 bits per heavy atom. The summed E-state index contributed by atoms with van der Waals surface area (Å²) in [7, 11) is 1.59. The molecule has 3 fully saturated rings. The zero-order valence-electron chi connectivity index (χ0n) is 21.1. The molecule has 1 saturated heterocycles. The average molecular weight is 514 g/mol. The number of hydrogen-bond donors (Lipinski definition) is 3. The number of carbonyl (C=O) groups excluding carboxylic acids is 1. The molecule has 0 atom stereocenters. The van der Waals surface area contributed by atoms with Crippen LogP contribution < -0.4 is 20.3 Å². The summed E-state index contributed by atoms with van der Waals surface area (Å²) in [5.74, 6) is 1.71. The number of anilines is 2. The van der Waals surface area contributed by atoms with Gasteiger partial charge >= 0.3 is 0 Å². The van der Waals surface area contributed by atoms with Crippen LogP contribution in [0.3, 0.4) is 0 Å². The third kappa shape index (κ3) is 5.39. The van der Waals surface area contributed by atoms with Crippen LogP contribution >= 0.6 is 11.6 Å². The number of rotatable bonds is 8. The number of aliphatic hydroxyl groups is 1. The van der Waals surface area contributed by atoms with E-state index in [1.54, 1.807) is 7.11 Å². The van der Waals surface area contributed by atoms with E-state index in [2.05, 4.69) is 15.5 Å². The molecule has 0 bridgehead atoms. The summed E-state index contributed by atoms with van der Waals surface area (Å²) < 4.78 is 5.27. The molecule has 2 aromatic rings. The van der Waals surface area contributed by atoms with Crippen molar-refractivity contribution >= 4 is 29.3 Å². The summed E-state index contributed by atoms with van der Waals surface area (Å²) >= 11 is 6.34. The molecule has 0 unspecified atom stereocenters. The number of nitrogens with zero attached hydrogens (tertiary/aromatic N) is 3. The summed E-state index contributed by atoms with van der Waals surface area (Å²) in [6.07, 6.45) is 7.07. The van der Waals surface area contributed by atoms with Gasteiger partial charge in [-0.15, -0.1) is 0 Å². The fraction of sp³-hybridized carbons (Fsp3) is 0.593. The van der Waals surface area contributed by atoms with E-state index >= 15 is 0 Å². The summed E-state index contributed by atoms with van der Waals surface area (Å²) in [4.78, 5) is 25.6. The topological polar surface area (TPSA) is 99.6 Å². The number of methoxy groups -OCH3 is 1. The van der Waals surface area contributed by atoms with Crippen LogP contribution in [0.4, 0.5) is 11.8 Å². The van der Waals surface area contributed by atoms with Crippen molar-refractivity contribution in [1.29, 1.82) is 0 Å². The number of ether oxygens (including phenoxy) is 1. The number of benzene rings is 1. The summed E-state index contributed by atoms with van der Waals surface area (Å²) in [5.41, 5.74) is 2.67. The van der Waals surface area contributed by atoms with Crippen LogP contribution in [0.15, 0.2) is 18.2 Å². The van der Waals surface area contributed by atoms with E-state index in [9.17, 15) is 9.90 Å². The Balaban J connectivity index is 1.42. The molecule has 1 aromatic carbocycles. The second kappa shape index (κ2) is 10.4. The van der Waals surface area contributed by atoms with Crippen LogP contribution in [0, 0.1) is 5.41 Å². The molecule has 2 saturated carbocycles. The molecule has 3 N–H and O–H groups in total. The van der Waals surface area contributed by atoms with Gasteiger partial charge in [0.05, 0.1) is 23.9 Å². The minimum Gasteiger partial charge on any atom is -0.495 e. The van der Waals surface area contributed by atoms with Gasteiger partial charge in [-0.1, -0.05) is 24.6 Å². The lowest BCUT2D eigenvalue weighted by Gasteiger charge is -2.27. The Kier molecular flexibility index (Phi) is 7.26. The van der Waals surface area contributed by atoms with Gasteiger partial charge in [-0.25, -0.2) is 4.98 Å². The molecule has 9 heteroatoms. The van der Waals surface area contributed by atoms with Gasteiger partial charge in [-0.2, -0.15) is 4.98 Å². The molecule has 1 amide bonds. The summed E-state index contributed by atoms with van der Waals surface area (Å²) in [6, 6.07) is 5.70. The van der Waals surface area contributed by atoms with Crippen molar-refractivity contribution in [1.82, 2.24) is 15.3 Å². The molecule has 1 aliphatic heterocycles. The first kappa shape index (κ1) is 25.1. The zero-order valence-corrected chi connectivity index (χ0v) is 21.9. The third-order valence-electron chi connectivity index (χ3n) is 7.92. The smallest absolute Gasteiger partial charge is 0.257 e. The Hall–Kier alpha value is -2.58. The van der Waals surface area contributed by atoms with E-state index in [1.165, 1.54) is 19.3 Å². The second-order valence-electron chi connectivity index (χ2n) is 10.5. The van der Waals surface area contributed by atoms with Crippen LogP contribution in [0.5, 0.6) is 5.75 Å². The summed E-state index contributed by atoms with van der Waals surface area (Å²) in [6.45, 7) is 4.43. The van der Waals surface area contributed by atoms with Crippen molar-refractivity contribution in [3.8, 4) is 5.75 Å². The van der Waals surface area contributed by atoms with Crippen molar-refractivity contribution in [2.75, 3.05) is 30.4 Å². The predicted octanol–water partition coefficient (Wildman–Crippen LogP) is 4.34. The van der Waals surface area contributed by atoms with Gasteiger partial charge in [-0.05, 0) is 74.5 Å². The molecule has 194 valence electrons. The normalized spacial score (nSPS) is 22.5. The lowest BCUT2D eigenvalue weighted by atomic mass is 9.93. The minimum absolute atomic E-state index is 0.0480. The van der Waals surface area contributed by atoms with Gasteiger partial charge in [0.2, 0.25) is 5.95 Å². The number of hydrogen-bond acceptors (Lipinski definition) is 7. The molecule has 1 spiro atoms. The fourth-order valence-corrected chi connectivity index (χ4v) is 5.71. The van der Waals surface area contributed by atoms with Gasteiger partial charge in [0.1, 0.15) is 17.1 Å². The van der Waals surface area contributed by atoms with Gasteiger partial charge in [0.15, 0.2) is 0 Å². The maximum Gasteiger partial charge on any atom is 0.257 e. The Morgan fingerprint density at radius 1 is 1.22 bits per heavy atom. The van der Waals surface area contributed by atoms with E-state index in [4.69, 9.17) is 26.3 Å². The van der Waals surface area contributed by atoms with Gasteiger partial charge in [0.25, 0.3) is 5.91 Å². The standard InChI is InChI=1S/C27H36ClN5O3/c1-3-21-23(25(35)30-18-5-7-19(34)8-6-18)24(29-15-17-4-9-22(36-2)20(28)14-17)32-26(31-21)33-13-12-27(16-33)10-11-27/h4,9,14,18-19,34H,3,5-8,10-13,15-16H2,1-2H3,(H,30,35)(H,29,31,32). The van der Waals surface area contributed by atoms with Crippen molar-refractivity contribution in [3.63, 3.8) is 0 Å². The quantitative estimate of drug-likeness (QED) is 0.483. The highest BCUT2D eigenvalue weighted by molar-refractivity contribution is 6.32. The fourth-order valence-electron chi connectivity index (χ4n) is 5.43. The highest BCUT2D eigenvalue weighted by Crippen LogP contribution is 2.53. The van der Waals surface area contributed by atoms with Gasteiger partial charge < -0.3 is 25.4 Å². The van der Waals surface area contributed by atoms with E-state index in [0.29, 0.717) is 59.3 Å². The Morgan fingerprint density at radius 3 is 2.64 bits per heavy atom. The number of nitrogens with one attached hydrogen (secondary N) is 2. The number of aliphatic hydroxyl groups excluding tert-OH is 1. The molecule has 2 heterocycles. The number of halogens is 1. The average Bonchev–Trinajstić information content (AvgIpc) is 3.51. The number of aromatic nitrogens is 2. The lowest BCUT2D eigenvalue weighted by Crippen LogP contribution is -2.39. The maximum absolute atomic E-state index is 13.5. The third-order valence-corrected chi connectivity index (χ3v) is 8.22. The molecular weight excluding hydrogens is 478 g/mol. The zero-order chi connectivity index (χ0) is 25.3. The van der Waals surface area contributed by atoms with E-state index in [-0.39, 0.29) is 18.1 Å². The predicted molar refractivity (Wildman–Crippen MR) is 141 cm³/mol. The van der Waals surface area contributed by atoms with Crippen LogP contribution in [0.1, 0.15) is 73.5 Å². The molecule has 3 aliphatic rings. The molecule has 0 radical (unpaired) electrons. The first-order valence-electron chi connectivity index (χ1n) is 13.1. The largest absolute Gasteiger partial charge is 0.495 e. The molecule has 5 rings (SSSR count). The minimum atomic E-state index is -0.268. The van der Waals surface area contributed by atoms with Crippen molar-refractivity contribution < 1.29 is 14.6 Å². The second-order valence-corrected chi connectivity index (χ2v) is 10.9. The highest BCUT2D eigenvalue weighted by atomic mass is 35.5. The van der Waals surface area contributed by atoms with Gasteiger partial charge in [-0.3, -0.25) is 4.79 Å². The first-order chi connectivity index (χ1) is 17.4. The molecule has 1 aromatic heterocycles. The van der Waals surface area contributed by atoms with E-state index in [1.807, 2.05) is 25.1 Å². The molecular formula is C27H36ClN5O3. The summed E-state index contributed by atoms with van der Waals surface area (Å²) in [5, 5.41) is 17.0. The Bertz CT molecular complexity index is 1110. The maximum atomic E-state index is 13.5. The first-order valence-corrected chi connectivity index (χ1v) is 13.5. The molecule has 36 heavy (non-hydrogen) atoms. The van der Waals surface area contributed by atoms with Crippen LogP contribution in [0.25, 0.3) is 0 Å². The SMILES string of the molecule is CCc1nc(N2CCC3(CC3)C2)nc(NCc2ccc(OC)c(Cl)c2)c1C(=O)NC1CCC(O)CC1. The van der Waals surface area contributed by atoms with Crippen LogP contribution in [-0.2, 0) is 13.0 Å². The van der Waals surface area contributed by atoms with Gasteiger partial charge in [0, 0.05) is 25.7 Å².